The first-order valence-corrected chi connectivity index (χ1v) is 14.4. The Labute approximate surface area is 252 Å². The van der Waals surface area contributed by atoms with Crippen LogP contribution in [0.5, 0.6) is 5.75 Å². The van der Waals surface area contributed by atoms with Gasteiger partial charge in [-0.3, -0.25) is 4.79 Å². The summed E-state index contributed by atoms with van der Waals surface area (Å²) in [5, 5.41) is 20.6. The zero-order valence-corrected chi connectivity index (χ0v) is 25.4. The van der Waals surface area contributed by atoms with Gasteiger partial charge in [-0.25, -0.2) is 9.97 Å². The summed E-state index contributed by atoms with van der Waals surface area (Å²) in [4.78, 5) is 23.7. The van der Waals surface area contributed by atoms with E-state index in [1.165, 1.54) is 12.3 Å². The van der Waals surface area contributed by atoms with Crippen molar-refractivity contribution in [1.82, 2.24) is 19.9 Å². The van der Waals surface area contributed by atoms with Gasteiger partial charge in [0.15, 0.2) is 0 Å². The Morgan fingerprint density at radius 1 is 1.26 bits per heavy atom. The van der Waals surface area contributed by atoms with Gasteiger partial charge < -0.3 is 30.2 Å². The van der Waals surface area contributed by atoms with E-state index in [9.17, 15) is 10.1 Å². The Bertz CT molecular complexity index is 1710. The predicted octanol–water partition coefficient (Wildman–Crippen LogP) is 6.01. The number of nitriles is 1. The lowest BCUT2D eigenvalue weighted by Crippen LogP contribution is -2.40. The van der Waals surface area contributed by atoms with Gasteiger partial charge in [-0.1, -0.05) is 24.8 Å². The van der Waals surface area contributed by atoms with Crippen molar-refractivity contribution >= 4 is 39.8 Å². The first-order valence-electron chi connectivity index (χ1n) is 14.4. The quantitative estimate of drug-likeness (QED) is 0.185. The molecule has 0 unspecified atom stereocenters. The summed E-state index contributed by atoms with van der Waals surface area (Å²) in [6.07, 6.45) is 7.14. The topological polar surface area (TPSA) is 120 Å². The number of para-hydroxylation sites is 1. The first-order chi connectivity index (χ1) is 20.6. The lowest BCUT2D eigenvalue weighted by molar-refractivity contribution is -0.111. The zero-order chi connectivity index (χ0) is 30.7. The van der Waals surface area contributed by atoms with Crippen molar-refractivity contribution in [3.05, 3.63) is 67.0 Å². The van der Waals surface area contributed by atoms with Crippen LogP contribution in [0.15, 0.2) is 61.4 Å². The number of ether oxygens (including phenoxy) is 1. The van der Waals surface area contributed by atoms with Crippen LogP contribution in [-0.2, 0) is 4.79 Å². The molecule has 10 nitrogen and oxygen atoms in total. The SMILES string of the molecule is C=CC(=O)Nc1cc(Nc2ncc(C#N)c(-c3cn(C4CC4)c4ccccc34)n2)c(OC)cc1N(C)CCNC(C)(C)C. The molecule has 5 rings (SSSR count). The number of anilines is 4. The van der Waals surface area contributed by atoms with Crippen LogP contribution in [0.4, 0.5) is 23.0 Å². The second kappa shape index (κ2) is 12.2. The van der Waals surface area contributed by atoms with Gasteiger partial charge in [0.05, 0.1) is 41.6 Å². The van der Waals surface area contributed by atoms with E-state index in [4.69, 9.17) is 9.72 Å². The van der Waals surface area contributed by atoms with Crippen molar-refractivity contribution in [1.29, 1.82) is 5.26 Å². The standard InChI is InChI=1S/C33H38N8O2/c1-7-30(42)37-25-16-26(29(43-6)17-28(25)40(5)15-14-36-33(2,3)4)38-32-35-19-21(18-34)31(39-32)24-20-41(22-12-13-22)27-11-9-8-10-23(24)27/h7-11,16-17,19-20,22,36H,1,12-15H2,2-6H3,(H,37,42)(H,35,38,39). The molecule has 1 fully saturated rings. The number of hydrogen-bond donors (Lipinski definition) is 3. The average Bonchev–Trinajstić information content (AvgIpc) is 3.76. The summed E-state index contributed by atoms with van der Waals surface area (Å²) >= 11 is 0. The molecule has 3 N–H and O–H groups in total. The maximum Gasteiger partial charge on any atom is 0.247 e. The minimum atomic E-state index is -0.331. The van der Waals surface area contributed by atoms with Crippen molar-refractivity contribution in [2.75, 3.05) is 42.8 Å². The van der Waals surface area contributed by atoms with Crippen molar-refractivity contribution in [3.63, 3.8) is 0 Å². The second-order valence-corrected chi connectivity index (χ2v) is 11.8. The van der Waals surface area contributed by atoms with Gasteiger partial charge in [-0.15, -0.1) is 0 Å². The van der Waals surface area contributed by atoms with Crippen LogP contribution < -0.4 is 25.6 Å². The van der Waals surface area contributed by atoms with Crippen LogP contribution in [0.25, 0.3) is 22.2 Å². The molecule has 1 amide bonds. The normalized spacial score (nSPS) is 12.9. The monoisotopic (exact) mass is 578 g/mol. The molecule has 0 radical (unpaired) electrons. The largest absolute Gasteiger partial charge is 0.494 e. The maximum atomic E-state index is 12.4. The molecule has 2 aromatic carbocycles. The molecule has 43 heavy (non-hydrogen) atoms. The summed E-state index contributed by atoms with van der Waals surface area (Å²) in [5.74, 6) is 0.511. The molecular formula is C33H38N8O2. The molecule has 0 atom stereocenters. The first kappa shape index (κ1) is 29.6. The third-order valence-electron chi connectivity index (χ3n) is 7.37. The second-order valence-electron chi connectivity index (χ2n) is 11.8. The van der Waals surface area contributed by atoms with Crippen LogP contribution in [0.2, 0.25) is 0 Å². The number of nitrogens with one attached hydrogen (secondary N) is 3. The summed E-state index contributed by atoms with van der Waals surface area (Å²) in [6, 6.07) is 14.6. The van der Waals surface area contributed by atoms with Crippen LogP contribution in [0.1, 0.15) is 45.2 Å². The summed E-state index contributed by atoms with van der Waals surface area (Å²) in [5.41, 5.74) is 4.85. The van der Waals surface area contributed by atoms with Crippen LogP contribution in [0.3, 0.4) is 0 Å². The van der Waals surface area contributed by atoms with Crippen LogP contribution in [0, 0.1) is 11.3 Å². The highest BCUT2D eigenvalue weighted by molar-refractivity contribution is 6.02. The van der Waals surface area contributed by atoms with Crippen LogP contribution in [-0.4, -0.2) is 53.2 Å². The fourth-order valence-corrected chi connectivity index (χ4v) is 5.05. The van der Waals surface area contributed by atoms with Crippen molar-refractivity contribution in [2.45, 2.75) is 45.2 Å². The van der Waals surface area contributed by atoms with E-state index in [2.05, 4.69) is 82.2 Å². The number of benzene rings is 2. The van der Waals surface area contributed by atoms with E-state index in [0.29, 0.717) is 46.9 Å². The number of carbonyl (C=O) groups excluding carboxylic acids is 1. The van der Waals surface area contributed by atoms with Crippen molar-refractivity contribution in [2.24, 2.45) is 0 Å². The smallest absolute Gasteiger partial charge is 0.247 e. The highest BCUT2D eigenvalue weighted by atomic mass is 16.5. The molecule has 1 aliphatic rings. The maximum absolute atomic E-state index is 12.4. The van der Waals surface area contributed by atoms with Crippen molar-refractivity contribution < 1.29 is 9.53 Å². The predicted molar refractivity (Wildman–Crippen MR) is 172 cm³/mol. The molecule has 4 aromatic rings. The minimum Gasteiger partial charge on any atom is -0.494 e. The van der Waals surface area contributed by atoms with Gasteiger partial charge in [-0.05, 0) is 51.8 Å². The third kappa shape index (κ3) is 6.63. The number of rotatable bonds is 11. The number of hydrogen-bond acceptors (Lipinski definition) is 8. The van der Waals surface area contributed by atoms with E-state index in [0.717, 1.165) is 41.5 Å². The Morgan fingerprint density at radius 3 is 2.70 bits per heavy atom. The van der Waals surface area contributed by atoms with Gasteiger partial charge in [0.25, 0.3) is 0 Å². The van der Waals surface area contributed by atoms with E-state index in [1.54, 1.807) is 13.2 Å². The van der Waals surface area contributed by atoms with Gasteiger partial charge >= 0.3 is 0 Å². The number of nitrogens with zero attached hydrogens (tertiary/aromatic N) is 5. The van der Waals surface area contributed by atoms with Crippen LogP contribution >= 0.6 is 0 Å². The number of methoxy groups -OCH3 is 1. The zero-order valence-electron chi connectivity index (χ0n) is 25.4. The lowest BCUT2D eigenvalue weighted by atomic mass is 10.1. The summed E-state index contributed by atoms with van der Waals surface area (Å²) in [6.45, 7) is 11.4. The molecule has 1 saturated carbocycles. The average molecular weight is 579 g/mol. The van der Waals surface area contributed by atoms with Crippen molar-refractivity contribution in [3.8, 4) is 23.1 Å². The van der Waals surface area contributed by atoms with E-state index in [1.807, 2.05) is 25.2 Å². The van der Waals surface area contributed by atoms with Gasteiger partial charge in [0, 0.05) is 60.4 Å². The third-order valence-corrected chi connectivity index (χ3v) is 7.37. The number of likely N-dealkylation sites (N-methyl/N-ethyl adjacent to an activating group) is 1. The van der Waals surface area contributed by atoms with Gasteiger partial charge in [-0.2, -0.15) is 5.26 Å². The Balaban J connectivity index is 1.52. The molecule has 10 heteroatoms. The molecule has 0 spiro atoms. The fraction of sp³-hybridized carbons (Fsp3) is 0.333. The lowest BCUT2D eigenvalue weighted by Gasteiger charge is -2.27. The molecule has 1 aliphatic carbocycles. The number of amides is 1. The highest BCUT2D eigenvalue weighted by Gasteiger charge is 2.27. The molecule has 0 bridgehead atoms. The van der Waals surface area contributed by atoms with Gasteiger partial charge in [0.1, 0.15) is 11.8 Å². The van der Waals surface area contributed by atoms with E-state index in [-0.39, 0.29) is 11.4 Å². The Kier molecular flexibility index (Phi) is 8.37. The number of fused-ring (bicyclic) bond motifs is 1. The summed E-state index contributed by atoms with van der Waals surface area (Å²) < 4.78 is 8.04. The van der Waals surface area contributed by atoms with Gasteiger partial charge in [0.2, 0.25) is 11.9 Å². The van der Waals surface area contributed by atoms with E-state index < -0.39 is 0 Å². The number of aromatic nitrogens is 3. The molecular weight excluding hydrogens is 540 g/mol. The molecule has 2 aromatic heterocycles. The minimum absolute atomic E-state index is 0.0149. The molecule has 0 aliphatic heterocycles. The molecule has 2 heterocycles. The fourth-order valence-electron chi connectivity index (χ4n) is 5.05. The molecule has 0 saturated heterocycles. The van der Waals surface area contributed by atoms with E-state index >= 15 is 0 Å². The Hall–Kier alpha value is -4.88. The summed E-state index contributed by atoms with van der Waals surface area (Å²) in [7, 11) is 3.55. The molecule has 222 valence electrons. The number of carbonyl (C=O) groups is 1. The highest BCUT2D eigenvalue weighted by Crippen LogP contribution is 2.42. The Morgan fingerprint density at radius 2 is 2.02 bits per heavy atom.